The van der Waals surface area contributed by atoms with Crippen LogP contribution in [0.15, 0.2) is 67.3 Å². The van der Waals surface area contributed by atoms with Gasteiger partial charge in [-0.2, -0.15) is 0 Å². The fourth-order valence-electron chi connectivity index (χ4n) is 5.11. The summed E-state index contributed by atoms with van der Waals surface area (Å²) in [7, 11) is 0. The van der Waals surface area contributed by atoms with E-state index in [1.165, 1.54) is 24.7 Å². The molecule has 0 aliphatic rings. The van der Waals surface area contributed by atoms with Crippen LogP contribution in [0.5, 0.6) is 5.75 Å². The zero-order valence-electron chi connectivity index (χ0n) is 25.2. The molecule has 4 atom stereocenters. The van der Waals surface area contributed by atoms with Crippen molar-refractivity contribution >= 4 is 34.6 Å². The molecule has 0 spiro atoms. The summed E-state index contributed by atoms with van der Waals surface area (Å²) < 4.78 is 0. The molecule has 244 valence electrons. The molecule has 4 unspecified atom stereocenters. The van der Waals surface area contributed by atoms with E-state index in [2.05, 4.69) is 30.9 Å². The quantitative estimate of drug-likeness (QED) is 0.0740. The first-order valence-corrected chi connectivity index (χ1v) is 15.0. The molecular formula is C32H40N8O6. The molecule has 4 aromatic rings. The smallest absolute Gasteiger partial charge is 0.326 e. The van der Waals surface area contributed by atoms with Gasteiger partial charge in [0.05, 0.1) is 12.4 Å². The molecule has 0 radical (unpaired) electrons. The van der Waals surface area contributed by atoms with Crippen molar-refractivity contribution in [3.8, 4) is 5.75 Å². The Labute approximate surface area is 265 Å². The number of hydrogen-bond donors (Lipinski definition) is 9. The number of imidazole rings is 1. The Bertz CT molecular complexity index is 1600. The third-order valence-electron chi connectivity index (χ3n) is 7.63. The number of para-hydroxylation sites is 1. The van der Waals surface area contributed by atoms with E-state index in [-0.39, 0.29) is 31.4 Å². The number of aromatic nitrogens is 3. The number of aromatic hydroxyl groups is 1. The van der Waals surface area contributed by atoms with Crippen LogP contribution in [0, 0.1) is 0 Å². The number of H-pyrrole nitrogens is 2. The Morgan fingerprint density at radius 2 is 1.50 bits per heavy atom. The Morgan fingerprint density at radius 3 is 2.17 bits per heavy atom. The molecule has 0 aliphatic heterocycles. The molecule has 14 heteroatoms. The number of phenolic OH excluding ortho intramolecular Hbond substituents is 1. The molecule has 0 bridgehead atoms. The average molecular weight is 633 g/mol. The van der Waals surface area contributed by atoms with Crippen LogP contribution in [-0.4, -0.2) is 79.6 Å². The van der Waals surface area contributed by atoms with Gasteiger partial charge in [0.1, 0.15) is 23.9 Å². The number of aromatic amines is 2. The number of unbranched alkanes of at least 4 members (excludes halogenated alkanes) is 1. The molecule has 2 aromatic heterocycles. The molecule has 0 fully saturated rings. The zero-order valence-corrected chi connectivity index (χ0v) is 25.2. The predicted octanol–water partition coefficient (Wildman–Crippen LogP) is 0.620. The van der Waals surface area contributed by atoms with Crippen molar-refractivity contribution in [3.63, 3.8) is 0 Å². The standard InChI is InChI=1S/C32H40N8O6/c33-12-4-3-7-26(32(45)46)38-30(43)27(14-20-16-36-25-6-2-1-5-23(20)25)40-31(44)28(15-21-17-35-18-37-21)39-29(42)24(34)13-19-8-10-22(41)11-9-19/h1-2,5-6,8-11,16-18,24,26-28,36,41H,3-4,7,12-15,33-34H2,(H,35,37)(H,38,43)(H,39,42)(H,40,44)(H,45,46). The van der Waals surface area contributed by atoms with E-state index in [1.54, 1.807) is 18.3 Å². The summed E-state index contributed by atoms with van der Waals surface area (Å²) in [6.07, 6.45) is 6.16. The summed E-state index contributed by atoms with van der Waals surface area (Å²) in [6, 6.07) is 9.19. The number of phenols is 1. The number of carboxylic acid groups (broad SMARTS) is 1. The van der Waals surface area contributed by atoms with Crippen LogP contribution < -0.4 is 27.4 Å². The topological polar surface area (TPSA) is 241 Å². The normalized spacial score (nSPS) is 13.8. The summed E-state index contributed by atoms with van der Waals surface area (Å²) in [5.41, 5.74) is 14.6. The second-order valence-electron chi connectivity index (χ2n) is 11.1. The second-order valence-corrected chi connectivity index (χ2v) is 11.1. The lowest BCUT2D eigenvalue weighted by Crippen LogP contribution is -2.58. The predicted molar refractivity (Wildman–Crippen MR) is 170 cm³/mol. The number of carbonyl (C=O) groups is 4. The molecule has 14 nitrogen and oxygen atoms in total. The van der Waals surface area contributed by atoms with Crippen molar-refractivity contribution < 1.29 is 29.4 Å². The number of nitrogens with zero attached hydrogens (tertiary/aromatic N) is 1. The van der Waals surface area contributed by atoms with Gasteiger partial charge >= 0.3 is 5.97 Å². The largest absolute Gasteiger partial charge is 0.508 e. The minimum Gasteiger partial charge on any atom is -0.508 e. The monoisotopic (exact) mass is 632 g/mol. The molecule has 0 saturated heterocycles. The van der Waals surface area contributed by atoms with E-state index < -0.39 is 47.9 Å². The van der Waals surface area contributed by atoms with Crippen molar-refractivity contribution in [1.29, 1.82) is 0 Å². The third-order valence-corrected chi connectivity index (χ3v) is 7.63. The van der Waals surface area contributed by atoms with Crippen LogP contribution in [0.1, 0.15) is 36.1 Å². The van der Waals surface area contributed by atoms with Crippen LogP contribution in [0.2, 0.25) is 0 Å². The van der Waals surface area contributed by atoms with Crippen LogP contribution in [0.3, 0.4) is 0 Å². The number of amides is 3. The fourth-order valence-corrected chi connectivity index (χ4v) is 5.11. The zero-order chi connectivity index (χ0) is 33.1. The SMILES string of the molecule is NCCCCC(NC(=O)C(Cc1c[nH]c2ccccc12)NC(=O)C(Cc1cnc[nH]1)NC(=O)C(N)Cc1ccc(O)cc1)C(=O)O. The Balaban J connectivity index is 1.55. The van der Waals surface area contributed by atoms with Gasteiger partial charge in [0.2, 0.25) is 17.7 Å². The lowest BCUT2D eigenvalue weighted by molar-refractivity contribution is -0.142. The number of nitrogens with two attached hydrogens (primary N) is 2. The van der Waals surface area contributed by atoms with Crippen molar-refractivity contribution in [3.05, 3.63) is 84.1 Å². The van der Waals surface area contributed by atoms with Gasteiger partial charge in [-0.1, -0.05) is 30.3 Å². The first-order chi connectivity index (χ1) is 22.1. The molecule has 3 amide bonds. The Kier molecular flexibility index (Phi) is 11.9. The number of nitrogens with one attached hydrogen (secondary N) is 5. The van der Waals surface area contributed by atoms with E-state index in [0.29, 0.717) is 30.6 Å². The van der Waals surface area contributed by atoms with Crippen LogP contribution in [-0.2, 0) is 38.4 Å². The summed E-state index contributed by atoms with van der Waals surface area (Å²) in [5, 5.41) is 28.2. The average Bonchev–Trinajstić information content (AvgIpc) is 3.71. The number of fused-ring (bicyclic) bond motifs is 1. The highest BCUT2D eigenvalue weighted by Crippen LogP contribution is 2.20. The summed E-state index contributed by atoms with van der Waals surface area (Å²) in [6.45, 7) is 0.390. The van der Waals surface area contributed by atoms with E-state index in [4.69, 9.17) is 11.5 Å². The highest BCUT2D eigenvalue weighted by Gasteiger charge is 2.31. The molecule has 0 saturated carbocycles. The minimum absolute atomic E-state index is 0.0156. The van der Waals surface area contributed by atoms with Crippen LogP contribution in [0.4, 0.5) is 0 Å². The number of benzene rings is 2. The molecule has 0 aliphatic carbocycles. The number of carboxylic acids is 1. The molecular weight excluding hydrogens is 592 g/mol. The van der Waals surface area contributed by atoms with Gasteiger partial charge in [0, 0.05) is 41.8 Å². The molecule has 46 heavy (non-hydrogen) atoms. The van der Waals surface area contributed by atoms with Gasteiger partial charge in [0.25, 0.3) is 0 Å². The van der Waals surface area contributed by atoms with Gasteiger partial charge in [-0.3, -0.25) is 14.4 Å². The van der Waals surface area contributed by atoms with E-state index in [1.807, 2.05) is 24.3 Å². The minimum atomic E-state index is -1.20. The highest BCUT2D eigenvalue weighted by molar-refractivity contribution is 5.95. The second kappa shape index (κ2) is 16.2. The lowest BCUT2D eigenvalue weighted by atomic mass is 10.0. The maximum absolute atomic E-state index is 13.8. The highest BCUT2D eigenvalue weighted by atomic mass is 16.4. The molecule has 4 rings (SSSR count). The third kappa shape index (κ3) is 9.39. The summed E-state index contributed by atoms with van der Waals surface area (Å²) >= 11 is 0. The number of carbonyl (C=O) groups excluding carboxylic acids is 3. The van der Waals surface area contributed by atoms with Crippen molar-refractivity contribution in [2.75, 3.05) is 6.54 Å². The fraction of sp³-hybridized carbons (Fsp3) is 0.344. The Morgan fingerprint density at radius 1 is 0.826 bits per heavy atom. The summed E-state index contributed by atoms with van der Waals surface area (Å²) in [5.74, 6) is -3.08. The van der Waals surface area contributed by atoms with Gasteiger partial charge in [-0.15, -0.1) is 0 Å². The van der Waals surface area contributed by atoms with Crippen molar-refractivity contribution in [2.24, 2.45) is 11.5 Å². The van der Waals surface area contributed by atoms with E-state index >= 15 is 0 Å². The van der Waals surface area contributed by atoms with Gasteiger partial charge in [-0.25, -0.2) is 9.78 Å². The number of aliphatic carboxylic acids is 1. The first kappa shape index (κ1) is 33.7. The first-order valence-electron chi connectivity index (χ1n) is 15.0. The molecule has 2 aromatic carbocycles. The van der Waals surface area contributed by atoms with E-state index in [0.717, 1.165) is 16.5 Å². The number of rotatable bonds is 17. The molecule has 11 N–H and O–H groups in total. The van der Waals surface area contributed by atoms with Crippen LogP contribution >= 0.6 is 0 Å². The lowest BCUT2D eigenvalue weighted by Gasteiger charge is -2.25. The maximum atomic E-state index is 13.8. The Hall–Kier alpha value is -5.21. The summed E-state index contributed by atoms with van der Waals surface area (Å²) in [4.78, 5) is 62.6. The maximum Gasteiger partial charge on any atom is 0.326 e. The van der Waals surface area contributed by atoms with Crippen molar-refractivity contribution in [2.45, 2.75) is 62.7 Å². The molecule has 2 heterocycles. The van der Waals surface area contributed by atoms with E-state index in [9.17, 15) is 29.4 Å². The van der Waals surface area contributed by atoms with Crippen LogP contribution in [0.25, 0.3) is 10.9 Å². The van der Waals surface area contributed by atoms with Crippen molar-refractivity contribution in [1.82, 2.24) is 30.9 Å². The number of hydrogen-bond acceptors (Lipinski definition) is 8. The van der Waals surface area contributed by atoms with Gasteiger partial charge in [0.15, 0.2) is 0 Å². The van der Waals surface area contributed by atoms with Gasteiger partial charge in [-0.05, 0) is 61.6 Å². The van der Waals surface area contributed by atoms with Gasteiger partial charge < -0.3 is 47.6 Å².